The highest BCUT2D eigenvalue weighted by Gasteiger charge is 2.35. The number of fused-ring (bicyclic) bond motifs is 1. The highest BCUT2D eigenvalue weighted by molar-refractivity contribution is 6.31. The van der Waals surface area contributed by atoms with Crippen LogP contribution in [-0.4, -0.2) is 44.2 Å². The van der Waals surface area contributed by atoms with Crippen LogP contribution in [0.1, 0.15) is 39.0 Å². The van der Waals surface area contributed by atoms with E-state index < -0.39 is 5.60 Å². The molecule has 1 aliphatic heterocycles. The number of allylic oxidation sites excluding steroid dienone is 4. The van der Waals surface area contributed by atoms with E-state index in [-0.39, 0.29) is 23.9 Å². The zero-order valence-electron chi connectivity index (χ0n) is 17.8. The third-order valence-corrected chi connectivity index (χ3v) is 6.53. The van der Waals surface area contributed by atoms with Gasteiger partial charge in [0.25, 0.3) is 5.56 Å². The highest BCUT2D eigenvalue weighted by atomic mass is 35.5. The number of likely N-dealkylation sites (tertiary alicyclic amines) is 1. The summed E-state index contributed by atoms with van der Waals surface area (Å²) >= 11 is 5.98. The molecule has 1 fully saturated rings. The summed E-state index contributed by atoms with van der Waals surface area (Å²) in [4.78, 5) is 31.8. The molecule has 2 aliphatic rings. The normalized spacial score (nSPS) is 19.3. The number of amides is 1. The van der Waals surface area contributed by atoms with Gasteiger partial charge in [0.15, 0.2) is 0 Å². The minimum Gasteiger partial charge on any atom is -0.388 e. The van der Waals surface area contributed by atoms with E-state index in [1.807, 2.05) is 11.8 Å². The van der Waals surface area contributed by atoms with Crippen molar-refractivity contribution in [2.24, 2.45) is 5.92 Å². The third kappa shape index (κ3) is 4.91. The summed E-state index contributed by atoms with van der Waals surface area (Å²) in [7, 11) is 0. The summed E-state index contributed by atoms with van der Waals surface area (Å²) < 4.78 is 1.46. The summed E-state index contributed by atoms with van der Waals surface area (Å²) in [5.41, 5.74) is 0.527. The lowest BCUT2D eigenvalue weighted by Gasteiger charge is -2.39. The van der Waals surface area contributed by atoms with E-state index >= 15 is 0 Å². The molecule has 31 heavy (non-hydrogen) atoms. The smallest absolute Gasteiger partial charge is 0.261 e. The minimum atomic E-state index is -1.04. The van der Waals surface area contributed by atoms with Crippen molar-refractivity contribution < 1.29 is 9.90 Å². The van der Waals surface area contributed by atoms with Crippen molar-refractivity contribution in [3.05, 3.63) is 63.7 Å². The zero-order chi connectivity index (χ0) is 22.0. The van der Waals surface area contributed by atoms with Crippen molar-refractivity contribution in [3.8, 4) is 0 Å². The van der Waals surface area contributed by atoms with E-state index in [1.165, 1.54) is 16.5 Å². The van der Waals surface area contributed by atoms with Gasteiger partial charge in [0, 0.05) is 24.0 Å². The van der Waals surface area contributed by atoms with Gasteiger partial charge in [-0.25, -0.2) is 4.98 Å². The molecule has 6 nitrogen and oxygen atoms in total. The summed E-state index contributed by atoms with van der Waals surface area (Å²) in [5.74, 6) is 0.0441. The second-order valence-electron chi connectivity index (χ2n) is 8.75. The molecule has 164 valence electrons. The Balaban J connectivity index is 1.39. The second kappa shape index (κ2) is 8.97. The van der Waals surface area contributed by atoms with Gasteiger partial charge in [0.1, 0.15) is 0 Å². The van der Waals surface area contributed by atoms with Crippen molar-refractivity contribution in [1.29, 1.82) is 0 Å². The number of rotatable bonds is 5. The molecule has 7 heteroatoms. The Morgan fingerprint density at radius 3 is 2.77 bits per heavy atom. The quantitative estimate of drug-likeness (QED) is 0.767. The van der Waals surface area contributed by atoms with Crippen LogP contribution in [0, 0.1) is 5.92 Å². The number of piperidine rings is 1. The predicted octanol–water partition coefficient (Wildman–Crippen LogP) is 3.71. The van der Waals surface area contributed by atoms with Gasteiger partial charge in [-0.3, -0.25) is 14.2 Å². The summed E-state index contributed by atoms with van der Waals surface area (Å²) in [6.45, 7) is 3.10. The molecule has 1 atom stereocenters. The van der Waals surface area contributed by atoms with Crippen LogP contribution in [-0.2, 0) is 11.3 Å². The van der Waals surface area contributed by atoms with Crippen LogP contribution in [0.25, 0.3) is 10.9 Å². The monoisotopic (exact) mass is 441 g/mol. The molecule has 2 heterocycles. The molecule has 1 saturated heterocycles. The molecule has 1 amide bonds. The molecule has 1 unspecified atom stereocenters. The van der Waals surface area contributed by atoms with Crippen LogP contribution in [0.5, 0.6) is 0 Å². The molecule has 0 bridgehead atoms. The van der Waals surface area contributed by atoms with Crippen molar-refractivity contribution in [3.63, 3.8) is 0 Å². The Kier molecular flexibility index (Phi) is 6.30. The number of carbonyl (C=O) groups excluding carboxylic acids is 1. The van der Waals surface area contributed by atoms with Crippen molar-refractivity contribution >= 4 is 28.4 Å². The summed E-state index contributed by atoms with van der Waals surface area (Å²) in [6, 6.07) is 4.98. The molecule has 0 radical (unpaired) electrons. The molecular weight excluding hydrogens is 414 g/mol. The SMILES string of the molecule is CC(CC1=CCCC=C1)C(=O)N1CCC(O)(Cn2cnc3cc(Cl)ccc3c2=O)CC1. The first kappa shape index (κ1) is 21.8. The van der Waals surface area contributed by atoms with Crippen molar-refractivity contribution in [2.75, 3.05) is 13.1 Å². The standard InChI is InChI=1S/C24H28ClN3O3/c1-17(13-18-5-3-2-4-6-18)22(29)27-11-9-24(31,10-12-27)15-28-16-26-21-14-19(25)7-8-20(21)23(28)30/h3,5-8,14,16-17,31H,2,4,9-13,15H2,1H3. The molecule has 1 aromatic heterocycles. The Bertz CT molecular complexity index is 1100. The number of halogens is 1. The first-order chi connectivity index (χ1) is 14.8. The average Bonchev–Trinajstić information content (AvgIpc) is 2.76. The van der Waals surface area contributed by atoms with Crippen molar-refractivity contribution in [2.45, 2.75) is 51.2 Å². The molecule has 1 aromatic carbocycles. The van der Waals surface area contributed by atoms with E-state index in [1.54, 1.807) is 18.2 Å². The fraction of sp³-hybridized carbons (Fsp3) is 0.458. The maximum absolute atomic E-state index is 12.9. The lowest BCUT2D eigenvalue weighted by molar-refractivity contribution is -0.139. The highest BCUT2D eigenvalue weighted by Crippen LogP contribution is 2.27. The number of carbonyl (C=O) groups is 1. The Hall–Kier alpha value is -2.44. The third-order valence-electron chi connectivity index (χ3n) is 6.29. The lowest BCUT2D eigenvalue weighted by Crippen LogP contribution is -2.50. The first-order valence-electron chi connectivity index (χ1n) is 10.9. The van der Waals surface area contributed by atoms with Crippen LogP contribution in [0.3, 0.4) is 0 Å². The van der Waals surface area contributed by atoms with Crippen LogP contribution in [0.2, 0.25) is 5.02 Å². The Morgan fingerprint density at radius 1 is 1.29 bits per heavy atom. The Morgan fingerprint density at radius 2 is 2.06 bits per heavy atom. The first-order valence-corrected chi connectivity index (χ1v) is 11.2. The minimum absolute atomic E-state index is 0.0840. The van der Waals surface area contributed by atoms with E-state index in [2.05, 4.69) is 23.2 Å². The van der Waals surface area contributed by atoms with E-state index in [4.69, 9.17) is 11.6 Å². The van der Waals surface area contributed by atoms with Gasteiger partial charge in [0.2, 0.25) is 5.91 Å². The maximum atomic E-state index is 12.9. The van der Waals surface area contributed by atoms with Gasteiger partial charge in [-0.2, -0.15) is 0 Å². The number of aliphatic hydroxyl groups is 1. The molecule has 1 aliphatic carbocycles. The van der Waals surface area contributed by atoms with E-state index in [0.717, 1.165) is 19.3 Å². The summed E-state index contributed by atoms with van der Waals surface area (Å²) in [6.07, 6.45) is 11.7. The van der Waals surface area contributed by atoms with Crippen molar-refractivity contribution in [1.82, 2.24) is 14.5 Å². The number of hydrogen-bond donors (Lipinski definition) is 1. The largest absolute Gasteiger partial charge is 0.388 e. The fourth-order valence-electron chi connectivity index (χ4n) is 4.43. The maximum Gasteiger partial charge on any atom is 0.261 e. The van der Waals surface area contributed by atoms with Gasteiger partial charge in [-0.15, -0.1) is 0 Å². The predicted molar refractivity (Wildman–Crippen MR) is 122 cm³/mol. The van der Waals surface area contributed by atoms with Crippen LogP contribution in [0.4, 0.5) is 0 Å². The second-order valence-corrected chi connectivity index (χ2v) is 9.19. The fourth-order valence-corrected chi connectivity index (χ4v) is 4.60. The van der Waals surface area contributed by atoms with Gasteiger partial charge < -0.3 is 10.0 Å². The number of nitrogens with zero attached hydrogens (tertiary/aromatic N) is 3. The average molecular weight is 442 g/mol. The van der Waals surface area contributed by atoms with Gasteiger partial charge >= 0.3 is 0 Å². The van der Waals surface area contributed by atoms with Crippen LogP contribution < -0.4 is 5.56 Å². The van der Waals surface area contributed by atoms with Gasteiger partial charge in [0.05, 0.1) is 29.4 Å². The molecule has 0 saturated carbocycles. The zero-order valence-corrected chi connectivity index (χ0v) is 18.5. The number of hydrogen-bond acceptors (Lipinski definition) is 4. The summed E-state index contributed by atoms with van der Waals surface area (Å²) in [5, 5.41) is 12.1. The number of benzene rings is 1. The molecule has 1 N–H and O–H groups in total. The Labute approximate surface area is 186 Å². The number of aromatic nitrogens is 2. The topological polar surface area (TPSA) is 75.4 Å². The van der Waals surface area contributed by atoms with Gasteiger partial charge in [-0.05, 0) is 50.3 Å². The van der Waals surface area contributed by atoms with Crippen LogP contribution >= 0.6 is 11.6 Å². The molecular formula is C24H28ClN3O3. The lowest BCUT2D eigenvalue weighted by atomic mass is 9.89. The van der Waals surface area contributed by atoms with E-state index in [9.17, 15) is 14.7 Å². The molecule has 4 rings (SSSR count). The molecule has 2 aromatic rings. The molecule has 0 spiro atoms. The van der Waals surface area contributed by atoms with Gasteiger partial charge in [-0.1, -0.05) is 42.3 Å². The van der Waals surface area contributed by atoms with Crippen LogP contribution in [0.15, 0.2) is 53.1 Å². The van der Waals surface area contributed by atoms with E-state index in [0.29, 0.717) is 41.9 Å².